The molecule has 0 aliphatic carbocycles. The second kappa shape index (κ2) is 6.81. The fourth-order valence-electron chi connectivity index (χ4n) is 1.71. The van der Waals surface area contributed by atoms with Gasteiger partial charge < -0.3 is 4.90 Å². The summed E-state index contributed by atoms with van der Waals surface area (Å²) < 4.78 is 12.8. The van der Waals surface area contributed by atoms with Gasteiger partial charge >= 0.3 is 0 Å². The molecule has 2 rings (SSSR count). The summed E-state index contributed by atoms with van der Waals surface area (Å²) in [5.74, 6) is 0.0553. The van der Waals surface area contributed by atoms with Gasteiger partial charge in [0.2, 0.25) is 5.91 Å². The van der Waals surface area contributed by atoms with Crippen LogP contribution in [-0.2, 0) is 23.6 Å². The lowest BCUT2D eigenvalue weighted by atomic mass is 10.2. The number of benzene rings is 1. The Morgan fingerprint density at radius 1 is 1.40 bits per heavy atom. The second-order valence-electron chi connectivity index (χ2n) is 4.42. The van der Waals surface area contributed by atoms with Crippen molar-refractivity contribution >= 4 is 28.8 Å². The number of carbonyl (C=O) groups is 1. The molecule has 0 aliphatic rings. The molecular weight excluding hydrogens is 299 g/mol. The van der Waals surface area contributed by atoms with Crippen molar-refractivity contribution in [2.24, 2.45) is 0 Å². The molecule has 0 aliphatic heterocycles. The second-order valence-corrected chi connectivity index (χ2v) is 5.63. The largest absolute Gasteiger partial charge is 0.341 e. The number of nitrogens with zero attached hydrogens (tertiary/aromatic N) is 2. The molecular formula is C14H14ClFN2OS. The molecule has 20 heavy (non-hydrogen) atoms. The molecule has 0 fully saturated rings. The molecule has 0 N–H and O–H groups in total. The first-order valence-corrected chi connectivity index (χ1v) is 7.47. The van der Waals surface area contributed by atoms with Gasteiger partial charge in [-0.05, 0) is 17.7 Å². The van der Waals surface area contributed by atoms with E-state index in [2.05, 4.69) is 4.98 Å². The summed E-state index contributed by atoms with van der Waals surface area (Å²) in [6, 6.07) is 6.13. The van der Waals surface area contributed by atoms with Crippen molar-refractivity contribution in [3.63, 3.8) is 0 Å². The van der Waals surface area contributed by atoms with Crippen molar-refractivity contribution in [3.05, 3.63) is 51.7 Å². The van der Waals surface area contributed by atoms with Crippen LogP contribution in [0, 0.1) is 5.82 Å². The number of rotatable bonds is 5. The summed E-state index contributed by atoms with van der Waals surface area (Å²) >= 11 is 7.11. The Balaban J connectivity index is 1.93. The van der Waals surface area contributed by atoms with Gasteiger partial charge in [-0.1, -0.05) is 12.1 Å². The number of thiazole rings is 1. The van der Waals surface area contributed by atoms with Crippen LogP contribution in [0.25, 0.3) is 0 Å². The zero-order valence-electron chi connectivity index (χ0n) is 11.0. The van der Waals surface area contributed by atoms with Crippen LogP contribution in [0.2, 0.25) is 0 Å². The molecule has 0 unspecified atom stereocenters. The van der Waals surface area contributed by atoms with Gasteiger partial charge in [0.05, 0.1) is 18.0 Å². The lowest BCUT2D eigenvalue weighted by Crippen LogP contribution is -2.27. The van der Waals surface area contributed by atoms with Crippen molar-refractivity contribution < 1.29 is 9.18 Å². The smallest absolute Gasteiger partial charge is 0.229 e. The van der Waals surface area contributed by atoms with Crippen LogP contribution >= 0.6 is 22.9 Å². The Bertz CT molecular complexity index is 585. The number of amides is 1. The topological polar surface area (TPSA) is 33.2 Å². The first kappa shape index (κ1) is 14.9. The quantitative estimate of drug-likeness (QED) is 0.794. The summed E-state index contributed by atoms with van der Waals surface area (Å²) in [7, 11) is 1.72. The zero-order valence-corrected chi connectivity index (χ0v) is 12.5. The maximum Gasteiger partial charge on any atom is 0.229 e. The fraction of sp³-hybridized carbons (Fsp3) is 0.286. The van der Waals surface area contributed by atoms with Crippen molar-refractivity contribution in [2.75, 3.05) is 7.05 Å². The number of aromatic nitrogens is 1. The summed E-state index contributed by atoms with van der Waals surface area (Å²) in [6.45, 7) is 0.451. The van der Waals surface area contributed by atoms with Gasteiger partial charge in [0.1, 0.15) is 10.8 Å². The number of likely N-dealkylation sites (N-methyl/N-ethyl adjacent to an activating group) is 1. The van der Waals surface area contributed by atoms with Gasteiger partial charge in [0, 0.05) is 19.0 Å². The first-order chi connectivity index (χ1) is 9.58. The lowest BCUT2D eigenvalue weighted by Gasteiger charge is -2.16. The van der Waals surface area contributed by atoms with Crippen LogP contribution in [0.1, 0.15) is 16.3 Å². The van der Waals surface area contributed by atoms with Gasteiger partial charge in [-0.15, -0.1) is 22.9 Å². The molecule has 0 atom stereocenters. The van der Waals surface area contributed by atoms with Crippen LogP contribution < -0.4 is 0 Å². The Morgan fingerprint density at radius 2 is 2.10 bits per heavy atom. The van der Waals surface area contributed by atoms with E-state index >= 15 is 0 Å². The number of halogens is 2. The van der Waals surface area contributed by atoms with E-state index in [0.717, 1.165) is 16.3 Å². The molecule has 0 radical (unpaired) electrons. The molecule has 1 amide bonds. The molecule has 1 heterocycles. The highest BCUT2D eigenvalue weighted by atomic mass is 35.5. The van der Waals surface area contributed by atoms with Gasteiger partial charge in [-0.2, -0.15) is 0 Å². The third-order valence-electron chi connectivity index (χ3n) is 2.80. The standard InChI is InChI=1S/C14H14ClFN2OS/c1-18(8-10-2-4-11(16)5-3-10)14(19)6-13-17-12(7-15)9-20-13/h2-5,9H,6-8H2,1H3. The predicted octanol–water partition coefficient (Wildman–Crippen LogP) is 3.22. The summed E-state index contributed by atoms with van der Waals surface area (Å²) in [5, 5.41) is 2.62. The van der Waals surface area contributed by atoms with Gasteiger partial charge in [0.15, 0.2) is 0 Å². The molecule has 0 saturated heterocycles. The van der Waals surface area contributed by atoms with Crippen LogP contribution in [0.3, 0.4) is 0 Å². The van der Waals surface area contributed by atoms with E-state index in [-0.39, 0.29) is 18.1 Å². The minimum absolute atomic E-state index is 0.0233. The number of carbonyl (C=O) groups excluding carboxylic acids is 1. The van der Waals surface area contributed by atoms with Crippen LogP contribution in [0.5, 0.6) is 0 Å². The Hall–Kier alpha value is -1.46. The maximum absolute atomic E-state index is 12.8. The van der Waals surface area contributed by atoms with E-state index in [1.807, 2.05) is 5.38 Å². The Kier molecular flexibility index (Phi) is 5.09. The van der Waals surface area contributed by atoms with Crippen molar-refractivity contribution in [2.45, 2.75) is 18.8 Å². The Labute approximate surface area is 126 Å². The monoisotopic (exact) mass is 312 g/mol. The highest BCUT2D eigenvalue weighted by Gasteiger charge is 2.12. The van der Waals surface area contributed by atoms with E-state index in [1.54, 1.807) is 24.1 Å². The SMILES string of the molecule is CN(Cc1ccc(F)cc1)C(=O)Cc1nc(CCl)cs1. The van der Waals surface area contributed by atoms with Crippen molar-refractivity contribution in [3.8, 4) is 0 Å². The molecule has 2 aromatic rings. The highest BCUT2D eigenvalue weighted by molar-refractivity contribution is 7.09. The first-order valence-electron chi connectivity index (χ1n) is 6.06. The molecule has 0 bridgehead atoms. The average Bonchev–Trinajstić information content (AvgIpc) is 2.89. The molecule has 6 heteroatoms. The highest BCUT2D eigenvalue weighted by Crippen LogP contribution is 2.14. The van der Waals surface area contributed by atoms with Crippen LogP contribution in [0.4, 0.5) is 4.39 Å². The number of hydrogen-bond acceptors (Lipinski definition) is 3. The van der Waals surface area contributed by atoms with Gasteiger partial charge in [-0.3, -0.25) is 4.79 Å². The predicted molar refractivity (Wildman–Crippen MR) is 78.2 cm³/mol. The normalized spacial score (nSPS) is 10.6. The molecule has 0 spiro atoms. The van der Waals surface area contributed by atoms with E-state index in [9.17, 15) is 9.18 Å². The third kappa shape index (κ3) is 4.02. The average molecular weight is 313 g/mol. The summed E-state index contributed by atoms with van der Waals surface area (Å²) in [5.41, 5.74) is 1.68. The van der Waals surface area contributed by atoms with E-state index < -0.39 is 0 Å². The molecule has 1 aromatic heterocycles. The number of alkyl halides is 1. The summed E-state index contributed by atoms with van der Waals surface area (Å²) in [4.78, 5) is 17.9. The van der Waals surface area contributed by atoms with Crippen LogP contribution in [-0.4, -0.2) is 22.8 Å². The molecule has 106 valence electrons. The number of hydrogen-bond donors (Lipinski definition) is 0. The maximum atomic E-state index is 12.8. The van der Waals surface area contributed by atoms with Crippen LogP contribution in [0.15, 0.2) is 29.6 Å². The van der Waals surface area contributed by atoms with Crippen molar-refractivity contribution in [1.29, 1.82) is 0 Å². The molecule has 3 nitrogen and oxygen atoms in total. The molecule has 0 saturated carbocycles. The fourth-order valence-corrected chi connectivity index (χ4v) is 2.72. The summed E-state index contributed by atoms with van der Waals surface area (Å²) in [6.07, 6.45) is 0.263. The Morgan fingerprint density at radius 3 is 2.70 bits per heavy atom. The minimum Gasteiger partial charge on any atom is -0.341 e. The van der Waals surface area contributed by atoms with E-state index in [4.69, 9.17) is 11.6 Å². The van der Waals surface area contributed by atoms with Gasteiger partial charge in [-0.25, -0.2) is 9.37 Å². The zero-order chi connectivity index (χ0) is 14.5. The van der Waals surface area contributed by atoms with E-state index in [1.165, 1.54) is 23.5 Å². The third-order valence-corrected chi connectivity index (χ3v) is 3.97. The minimum atomic E-state index is -0.279. The van der Waals surface area contributed by atoms with E-state index in [0.29, 0.717) is 12.4 Å². The lowest BCUT2D eigenvalue weighted by molar-refractivity contribution is -0.129. The van der Waals surface area contributed by atoms with Gasteiger partial charge in [0.25, 0.3) is 0 Å². The van der Waals surface area contributed by atoms with Crippen molar-refractivity contribution in [1.82, 2.24) is 9.88 Å². The molecule has 1 aromatic carbocycles.